The molecule has 0 aliphatic carbocycles. The van der Waals surface area contributed by atoms with E-state index in [9.17, 15) is 23.4 Å². The Hall–Kier alpha value is -1.07. The molecule has 0 amide bonds. The molecular formula is C13H17F3O2. The van der Waals surface area contributed by atoms with Gasteiger partial charge >= 0.3 is 6.18 Å². The summed E-state index contributed by atoms with van der Waals surface area (Å²) in [7, 11) is 0. The van der Waals surface area contributed by atoms with E-state index in [1.165, 1.54) is 19.1 Å². The van der Waals surface area contributed by atoms with E-state index in [1.807, 2.05) is 0 Å². The number of rotatable bonds is 4. The Morgan fingerprint density at radius 2 is 1.89 bits per heavy atom. The number of halogens is 3. The van der Waals surface area contributed by atoms with Crippen LogP contribution in [-0.2, 0) is 12.6 Å². The number of aliphatic hydroxyl groups is 2. The Balaban J connectivity index is 2.86. The lowest BCUT2D eigenvalue weighted by molar-refractivity contribution is -0.137. The van der Waals surface area contributed by atoms with Gasteiger partial charge in [-0.3, -0.25) is 0 Å². The van der Waals surface area contributed by atoms with Crippen molar-refractivity contribution < 1.29 is 23.4 Å². The van der Waals surface area contributed by atoms with Crippen LogP contribution in [-0.4, -0.2) is 21.9 Å². The first-order chi connectivity index (χ1) is 8.16. The van der Waals surface area contributed by atoms with Gasteiger partial charge < -0.3 is 10.2 Å². The summed E-state index contributed by atoms with van der Waals surface area (Å²) in [6.45, 7) is 3.17. The quantitative estimate of drug-likeness (QED) is 0.876. The van der Waals surface area contributed by atoms with Crippen LogP contribution in [0.3, 0.4) is 0 Å². The van der Waals surface area contributed by atoms with Gasteiger partial charge in [0.1, 0.15) is 0 Å². The zero-order valence-electron chi connectivity index (χ0n) is 10.3. The fraction of sp³-hybridized carbons (Fsp3) is 0.538. The number of hydrogen-bond donors (Lipinski definition) is 2. The number of benzene rings is 1. The average Bonchev–Trinajstić information content (AvgIpc) is 2.28. The first kappa shape index (κ1) is 15.0. The molecule has 102 valence electrons. The van der Waals surface area contributed by atoms with Crippen molar-refractivity contribution in [2.24, 2.45) is 0 Å². The average molecular weight is 262 g/mol. The fourth-order valence-corrected chi connectivity index (χ4v) is 1.55. The van der Waals surface area contributed by atoms with Crippen molar-refractivity contribution >= 4 is 0 Å². The molecule has 2 unspecified atom stereocenters. The number of aliphatic hydroxyl groups excluding tert-OH is 1. The summed E-state index contributed by atoms with van der Waals surface area (Å²) in [6.07, 6.45) is -5.17. The normalized spacial score (nSPS) is 17.3. The summed E-state index contributed by atoms with van der Waals surface area (Å²) in [5.41, 5.74) is -1.69. The van der Waals surface area contributed by atoms with E-state index in [1.54, 1.807) is 6.92 Å². The maximum absolute atomic E-state index is 12.5. The summed E-state index contributed by atoms with van der Waals surface area (Å²) in [5.74, 6) is 0. The molecule has 0 aliphatic rings. The van der Waals surface area contributed by atoms with E-state index >= 15 is 0 Å². The predicted octanol–water partition coefficient (Wildman–Crippen LogP) is 2.77. The first-order valence-corrected chi connectivity index (χ1v) is 5.73. The van der Waals surface area contributed by atoms with Gasteiger partial charge in [-0.25, -0.2) is 0 Å². The zero-order valence-corrected chi connectivity index (χ0v) is 10.3. The van der Waals surface area contributed by atoms with E-state index in [4.69, 9.17) is 0 Å². The smallest absolute Gasteiger partial charge is 0.390 e. The van der Waals surface area contributed by atoms with E-state index < -0.39 is 23.4 Å². The van der Waals surface area contributed by atoms with E-state index in [-0.39, 0.29) is 6.42 Å². The second kappa shape index (κ2) is 5.28. The molecule has 0 heterocycles. The Labute approximate surface area is 104 Å². The van der Waals surface area contributed by atoms with Crippen molar-refractivity contribution in [2.75, 3.05) is 0 Å². The van der Waals surface area contributed by atoms with Crippen LogP contribution in [0.2, 0.25) is 0 Å². The lowest BCUT2D eigenvalue weighted by atomic mass is 9.91. The standard InChI is InChI=1S/C13H17F3O2/c1-3-12(2,18)11(17)8-9-5-4-6-10(7-9)13(14,15)16/h4-7,11,17-18H,3,8H2,1-2H3. The third kappa shape index (κ3) is 3.71. The Bertz CT molecular complexity index is 399. The molecule has 2 nitrogen and oxygen atoms in total. The fourth-order valence-electron chi connectivity index (χ4n) is 1.55. The molecule has 0 fully saturated rings. The monoisotopic (exact) mass is 262 g/mol. The predicted molar refractivity (Wildman–Crippen MR) is 62.1 cm³/mol. The molecule has 18 heavy (non-hydrogen) atoms. The zero-order chi connectivity index (χ0) is 14.0. The highest BCUT2D eigenvalue weighted by Crippen LogP contribution is 2.30. The van der Waals surface area contributed by atoms with Crippen LogP contribution in [0.1, 0.15) is 31.4 Å². The minimum atomic E-state index is -4.39. The molecule has 0 spiro atoms. The second-order valence-corrected chi connectivity index (χ2v) is 4.63. The molecule has 0 saturated heterocycles. The molecule has 2 N–H and O–H groups in total. The Morgan fingerprint density at radius 3 is 2.39 bits per heavy atom. The SMILES string of the molecule is CCC(C)(O)C(O)Cc1cccc(C(F)(F)F)c1. The van der Waals surface area contributed by atoms with Crippen molar-refractivity contribution in [3.63, 3.8) is 0 Å². The van der Waals surface area contributed by atoms with Crippen molar-refractivity contribution in [1.29, 1.82) is 0 Å². The summed E-state index contributed by atoms with van der Waals surface area (Å²) in [6, 6.07) is 4.78. The summed E-state index contributed by atoms with van der Waals surface area (Å²) < 4.78 is 37.5. The van der Waals surface area contributed by atoms with Crippen molar-refractivity contribution in [3.8, 4) is 0 Å². The third-order valence-corrected chi connectivity index (χ3v) is 3.12. The van der Waals surface area contributed by atoms with Crippen molar-refractivity contribution in [3.05, 3.63) is 35.4 Å². The molecule has 0 aliphatic heterocycles. The summed E-state index contributed by atoms with van der Waals surface area (Å²) >= 11 is 0. The molecule has 5 heteroatoms. The second-order valence-electron chi connectivity index (χ2n) is 4.63. The van der Waals surface area contributed by atoms with Crippen LogP contribution in [0.5, 0.6) is 0 Å². The first-order valence-electron chi connectivity index (χ1n) is 5.73. The van der Waals surface area contributed by atoms with Crippen LogP contribution in [0.4, 0.5) is 13.2 Å². The molecule has 0 aromatic heterocycles. The van der Waals surface area contributed by atoms with E-state index in [0.29, 0.717) is 12.0 Å². The summed E-state index contributed by atoms with van der Waals surface area (Å²) in [4.78, 5) is 0. The molecule has 1 aromatic carbocycles. The van der Waals surface area contributed by atoms with Crippen molar-refractivity contribution in [1.82, 2.24) is 0 Å². The molecular weight excluding hydrogens is 245 g/mol. The number of hydrogen-bond acceptors (Lipinski definition) is 2. The summed E-state index contributed by atoms with van der Waals surface area (Å²) in [5, 5.41) is 19.6. The third-order valence-electron chi connectivity index (χ3n) is 3.12. The molecule has 1 aromatic rings. The lowest BCUT2D eigenvalue weighted by Crippen LogP contribution is -2.39. The van der Waals surface area contributed by atoms with Gasteiger partial charge in [0.05, 0.1) is 17.3 Å². The largest absolute Gasteiger partial charge is 0.416 e. The maximum atomic E-state index is 12.5. The van der Waals surface area contributed by atoms with Crippen LogP contribution >= 0.6 is 0 Å². The van der Waals surface area contributed by atoms with Gasteiger partial charge in [0.25, 0.3) is 0 Å². The van der Waals surface area contributed by atoms with Gasteiger partial charge in [0, 0.05) is 6.42 Å². The molecule has 1 rings (SSSR count). The Kier molecular flexibility index (Phi) is 4.40. The van der Waals surface area contributed by atoms with Crippen LogP contribution in [0.15, 0.2) is 24.3 Å². The van der Waals surface area contributed by atoms with Gasteiger partial charge in [-0.1, -0.05) is 25.1 Å². The van der Waals surface area contributed by atoms with Crippen LogP contribution in [0, 0.1) is 0 Å². The van der Waals surface area contributed by atoms with E-state index in [2.05, 4.69) is 0 Å². The van der Waals surface area contributed by atoms with E-state index in [0.717, 1.165) is 12.1 Å². The van der Waals surface area contributed by atoms with Gasteiger partial charge in [-0.15, -0.1) is 0 Å². The highest BCUT2D eigenvalue weighted by molar-refractivity contribution is 5.26. The Morgan fingerprint density at radius 1 is 1.28 bits per heavy atom. The maximum Gasteiger partial charge on any atom is 0.416 e. The molecule has 0 bridgehead atoms. The molecule has 0 saturated carbocycles. The topological polar surface area (TPSA) is 40.5 Å². The molecule has 2 atom stereocenters. The minimum absolute atomic E-state index is 0.00917. The minimum Gasteiger partial charge on any atom is -0.390 e. The van der Waals surface area contributed by atoms with Gasteiger partial charge in [0.2, 0.25) is 0 Å². The highest BCUT2D eigenvalue weighted by atomic mass is 19.4. The van der Waals surface area contributed by atoms with Crippen LogP contribution < -0.4 is 0 Å². The molecule has 0 radical (unpaired) electrons. The van der Waals surface area contributed by atoms with Gasteiger partial charge in [-0.2, -0.15) is 13.2 Å². The lowest BCUT2D eigenvalue weighted by Gasteiger charge is -2.28. The van der Waals surface area contributed by atoms with Gasteiger partial charge in [-0.05, 0) is 25.0 Å². The van der Waals surface area contributed by atoms with Crippen LogP contribution in [0.25, 0.3) is 0 Å². The number of alkyl halides is 3. The highest BCUT2D eigenvalue weighted by Gasteiger charge is 2.32. The van der Waals surface area contributed by atoms with Gasteiger partial charge in [0.15, 0.2) is 0 Å². The van der Waals surface area contributed by atoms with Crippen molar-refractivity contribution in [2.45, 2.75) is 44.6 Å².